The molecule has 1 aromatic carbocycles. The molecule has 4 aliphatic carbocycles. The SMILES string of the molecule is CC12CC3CC(C)(C1)CC(c1ccc(S(N)(=O)=O)cc1)(C3)C2. The van der Waals surface area contributed by atoms with Gasteiger partial charge in [0.05, 0.1) is 4.90 Å². The van der Waals surface area contributed by atoms with Crippen molar-refractivity contribution in [2.75, 3.05) is 0 Å². The standard InChI is InChI=1S/C18H25NO2S/c1-16-7-13-8-17(2,10-16)12-18(9-13,11-16)14-3-5-15(6-4-14)22(19,20)21/h3-6,13H,7-12H2,1-2H3,(H2,19,20,21). The molecule has 120 valence electrons. The van der Waals surface area contributed by atoms with Gasteiger partial charge in [-0.1, -0.05) is 26.0 Å². The Labute approximate surface area is 133 Å². The van der Waals surface area contributed by atoms with Crippen LogP contribution in [-0.2, 0) is 15.4 Å². The molecule has 0 radical (unpaired) electrons. The Balaban J connectivity index is 1.76. The largest absolute Gasteiger partial charge is 0.238 e. The average molecular weight is 319 g/mol. The number of primary sulfonamides is 1. The summed E-state index contributed by atoms with van der Waals surface area (Å²) in [7, 11) is -3.60. The average Bonchev–Trinajstić information content (AvgIpc) is 2.33. The molecular weight excluding hydrogens is 294 g/mol. The smallest absolute Gasteiger partial charge is 0.225 e. The van der Waals surface area contributed by atoms with Crippen molar-refractivity contribution < 1.29 is 8.42 Å². The number of rotatable bonds is 2. The summed E-state index contributed by atoms with van der Waals surface area (Å²) in [6.07, 6.45) is 7.88. The maximum atomic E-state index is 11.5. The van der Waals surface area contributed by atoms with Crippen molar-refractivity contribution in [2.24, 2.45) is 21.9 Å². The van der Waals surface area contributed by atoms with Crippen LogP contribution >= 0.6 is 0 Å². The monoisotopic (exact) mass is 319 g/mol. The van der Waals surface area contributed by atoms with Crippen LogP contribution in [-0.4, -0.2) is 8.42 Å². The third kappa shape index (κ3) is 2.15. The summed E-state index contributed by atoms with van der Waals surface area (Å²) in [4.78, 5) is 0.221. The van der Waals surface area contributed by atoms with Gasteiger partial charge in [-0.3, -0.25) is 0 Å². The first-order valence-corrected chi connectivity index (χ1v) is 9.80. The van der Waals surface area contributed by atoms with Crippen LogP contribution in [0.3, 0.4) is 0 Å². The van der Waals surface area contributed by atoms with E-state index in [0.29, 0.717) is 10.8 Å². The molecule has 4 bridgehead atoms. The molecule has 2 atom stereocenters. The molecule has 4 aliphatic rings. The zero-order chi connectivity index (χ0) is 15.8. The van der Waals surface area contributed by atoms with Crippen molar-refractivity contribution in [3.63, 3.8) is 0 Å². The van der Waals surface area contributed by atoms with Gasteiger partial charge >= 0.3 is 0 Å². The quantitative estimate of drug-likeness (QED) is 0.905. The molecule has 0 spiro atoms. The first-order chi connectivity index (χ1) is 10.1. The number of nitrogens with two attached hydrogens (primary N) is 1. The molecule has 4 saturated carbocycles. The normalized spacial score (nSPS) is 43.5. The van der Waals surface area contributed by atoms with Crippen LogP contribution in [0.5, 0.6) is 0 Å². The predicted octanol–water partition coefficient (Wildman–Crippen LogP) is 3.58. The Kier molecular flexibility index (Phi) is 2.77. The highest BCUT2D eigenvalue weighted by atomic mass is 32.2. The van der Waals surface area contributed by atoms with E-state index in [1.165, 1.54) is 44.1 Å². The van der Waals surface area contributed by atoms with E-state index in [1.807, 2.05) is 12.1 Å². The van der Waals surface area contributed by atoms with Gasteiger partial charge < -0.3 is 0 Å². The van der Waals surface area contributed by atoms with Crippen molar-refractivity contribution >= 4 is 10.0 Å². The lowest BCUT2D eigenvalue weighted by Gasteiger charge is -2.65. The van der Waals surface area contributed by atoms with E-state index in [-0.39, 0.29) is 10.3 Å². The van der Waals surface area contributed by atoms with Gasteiger partial charge in [0.2, 0.25) is 10.0 Å². The maximum absolute atomic E-state index is 11.5. The molecule has 0 saturated heterocycles. The summed E-state index contributed by atoms with van der Waals surface area (Å²) < 4.78 is 22.9. The minimum absolute atomic E-state index is 0.221. The molecule has 3 nitrogen and oxygen atoms in total. The zero-order valence-electron chi connectivity index (χ0n) is 13.4. The van der Waals surface area contributed by atoms with E-state index in [9.17, 15) is 8.42 Å². The summed E-state index contributed by atoms with van der Waals surface area (Å²) in [6, 6.07) is 7.40. The van der Waals surface area contributed by atoms with Crippen LogP contribution in [0.4, 0.5) is 0 Å². The molecule has 2 unspecified atom stereocenters. The van der Waals surface area contributed by atoms with E-state index in [1.54, 1.807) is 12.1 Å². The van der Waals surface area contributed by atoms with Crippen molar-refractivity contribution in [3.05, 3.63) is 29.8 Å². The second-order valence-corrected chi connectivity index (χ2v) is 10.5. The third-order valence-corrected chi connectivity index (χ3v) is 7.35. The van der Waals surface area contributed by atoms with E-state index >= 15 is 0 Å². The summed E-state index contributed by atoms with van der Waals surface area (Å²) in [6.45, 7) is 4.92. The first kappa shape index (κ1) is 14.7. The third-order valence-electron chi connectivity index (χ3n) is 6.42. The number of benzene rings is 1. The van der Waals surface area contributed by atoms with Gasteiger partial charge in [-0.15, -0.1) is 0 Å². The summed E-state index contributed by atoms with van der Waals surface area (Å²) >= 11 is 0. The topological polar surface area (TPSA) is 60.2 Å². The van der Waals surface area contributed by atoms with Crippen LogP contribution in [0.2, 0.25) is 0 Å². The number of hydrogen-bond acceptors (Lipinski definition) is 2. The highest BCUT2D eigenvalue weighted by Gasteiger charge is 2.60. The fourth-order valence-corrected chi connectivity index (χ4v) is 7.28. The fraction of sp³-hybridized carbons (Fsp3) is 0.667. The lowest BCUT2D eigenvalue weighted by Crippen LogP contribution is -2.56. The summed E-state index contributed by atoms with van der Waals surface area (Å²) in [5.74, 6) is 0.837. The van der Waals surface area contributed by atoms with Crippen molar-refractivity contribution in [2.45, 2.75) is 62.7 Å². The van der Waals surface area contributed by atoms with Gasteiger partial charge in [0.1, 0.15) is 0 Å². The van der Waals surface area contributed by atoms with Gasteiger partial charge in [-0.05, 0) is 78.4 Å². The highest BCUT2D eigenvalue weighted by Crippen LogP contribution is 2.69. The number of sulfonamides is 1. The molecule has 4 heteroatoms. The summed E-state index contributed by atoms with van der Waals surface area (Å²) in [5.41, 5.74) is 2.50. The van der Waals surface area contributed by atoms with Crippen molar-refractivity contribution in [3.8, 4) is 0 Å². The molecule has 0 heterocycles. The molecule has 0 amide bonds. The van der Waals surface area contributed by atoms with E-state index in [4.69, 9.17) is 5.14 Å². The minimum Gasteiger partial charge on any atom is -0.225 e. The first-order valence-electron chi connectivity index (χ1n) is 8.25. The Morgan fingerprint density at radius 3 is 1.95 bits per heavy atom. The Bertz CT molecular complexity index is 704. The Hall–Kier alpha value is -0.870. The molecule has 2 N–H and O–H groups in total. The Morgan fingerprint density at radius 1 is 0.955 bits per heavy atom. The zero-order valence-corrected chi connectivity index (χ0v) is 14.2. The lowest BCUT2D eigenvalue weighted by molar-refractivity contribution is -0.110. The van der Waals surface area contributed by atoms with Crippen molar-refractivity contribution in [1.82, 2.24) is 0 Å². The molecule has 4 fully saturated rings. The number of hydrogen-bond donors (Lipinski definition) is 1. The lowest BCUT2D eigenvalue weighted by atomic mass is 9.39. The molecule has 0 aromatic heterocycles. The molecule has 1 aromatic rings. The predicted molar refractivity (Wildman–Crippen MR) is 86.9 cm³/mol. The van der Waals surface area contributed by atoms with Crippen LogP contribution in [0.1, 0.15) is 57.9 Å². The molecule has 0 aliphatic heterocycles. The van der Waals surface area contributed by atoms with Crippen LogP contribution in [0, 0.1) is 16.7 Å². The second kappa shape index (κ2) is 4.15. The molecule has 22 heavy (non-hydrogen) atoms. The fourth-order valence-electron chi connectivity index (χ4n) is 6.77. The van der Waals surface area contributed by atoms with Crippen LogP contribution in [0.25, 0.3) is 0 Å². The maximum Gasteiger partial charge on any atom is 0.238 e. The second-order valence-electron chi connectivity index (χ2n) is 8.98. The van der Waals surface area contributed by atoms with Gasteiger partial charge in [-0.2, -0.15) is 0 Å². The van der Waals surface area contributed by atoms with Gasteiger partial charge in [0.25, 0.3) is 0 Å². The van der Waals surface area contributed by atoms with Gasteiger partial charge in [0.15, 0.2) is 0 Å². The molecule has 5 rings (SSSR count). The minimum atomic E-state index is -3.60. The van der Waals surface area contributed by atoms with Crippen LogP contribution < -0.4 is 5.14 Å². The Morgan fingerprint density at radius 2 is 1.50 bits per heavy atom. The molecular formula is C18H25NO2S. The van der Waals surface area contributed by atoms with E-state index < -0.39 is 10.0 Å². The highest BCUT2D eigenvalue weighted by molar-refractivity contribution is 7.89. The van der Waals surface area contributed by atoms with Gasteiger partial charge in [0, 0.05) is 0 Å². The van der Waals surface area contributed by atoms with E-state index in [0.717, 1.165) is 5.92 Å². The van der Waals surface area contributed by atoms with Crippen molar-refractivity contribution in [1.29, 1.82) is 0 Å². The van der Waals surface area contributed by atoms with E-state index in [2.05, 4.69) is 13.8 Å². The van der Waals surface area contributed by atoms with Gasteiger partial charge in [-0.25, -0.2) is 13.6 Å². The summed E-state index contributed by atoms with van der Waals surface area (Å²) in [5, 5.41) is 5.23. The van der Waals surface area contributed by atoms with Crippen LogP contribution in [0.15, 0.2) is 29.2 Å².